The highest BCUT2D eigenvalue weighted by Crippen LogP contribution is 2.16. The summed E-state index contributed by atoms with van der Waals surface area (Å²) in [5.41, 5.74) is 2.66. The summed E-state index contributed by atoms with van der Waals surface area (Å²) in [5, 5.41) is 8.31. The second-order valence-corrected chi connectivity index (χ2v) is 5.57. The third kappa shape index (κ3) is 4.91. The average molecular weight is 346 g/mol. The fraction of sp³-hybridized carbons (Fsp3) is 0.0500. The predicted molar refractivity (Wildman–Crippen MR) is 101 cm³/mol. The molecule has 0 saturated heterocycles. The third-order valence-electron chi connectivity index (χ3n) is 3.59. The predicted octanol–water partition coefficient (Wildman–Crippen LogP) is 3.66. The van der Waals surface area contributed by atoms with Gasteiger partial charge in [0.1, 0.15) is 0 Å². The molecule has 6 nitrogen and oxygen atoms in total. The zero-order valence-corrected chi connectivity index (χ0v) is 14.0. The van der Waals surface area contributed by atoms with Crippen LogP contribution < -0.4 is 16.0 Å². The van der Waals surface area contributed by atoms with Crippen LogP contribution in [0, 0.1) is 0 Å². The molecule has 3 aromatic rings. The number of rotatable bonds is 5. The molecule has 2 aromatic carbocycles. The van der Waals surface area contributed by atoms with Crippen LogP contribution in [-0.2, 0) is 6.54 Å². The monoisotopic (exact) mass is 346 g/mol. The van der Waals surface area contributed by atoms with E-state index in [9.17, 15) is 9.59 Å². The molecule has 0 atom stereocenters. The topological polar surface area (TPSA) is 83.1 Å². The van der Waals surface area contributed by atoms with Crippen LogP contribution in [-0.4, -0.2) is 16.9 Å². The molecule has 0 aliphatic rings. The van der Waals surface area contributed by atoms with E-state index in [-0.39, 0.29) is 11.9 Å². The minimum Gasteiger partial charge on any atom is -0.334 e. The number of carbonyl (C=O) groups excluding carboxylic acids is 2. The SMILES string of the molecule is O=C(NCc1cccnc1)Nc1cccc(NC(=O)c2ccccc2)c1. The Hall–Kier alpha value is -3.67. The van der Waals surface area contributed by atoms with E-state index in [1.165, 1.54) is 0 Å². The van der Waals surface area contributed by atoms with Gasteiger partial charge in [0.25, 0.3) is 5.91 Å². The number of hydrogen-bond acceptors (Lipinski definition) is 3. The molecule has 0 aliphatic heterocycles. The van der Waals surface area contributed by atoms with E-state index >= 15 is 0 Å². The van der Waals surface area contributed by atoms with Crippen molar-refractivity contribution in [3.63, 3.8) is 0 Å². The van der Waals surface area contributed by atoms with Crippen molar-refractivity contribution in [2.75, 3.05) is 10.6 Å². The first kappa shape index (κ1) is 17.2. The second-order valence-electron chi connectivity index (χ2n) is 5.57. The van der Waals surface area contributed by atoms with Crippen molar-refractivity contribution in [3.05, 3.63) is 90.3 Å². The average Bonchev–Trinajstić information content (AvgIpc) is 2.68. The number of anilines is 2. The van der Waals surface area contributed by atoms with Crippen LogP contribution in [0.4, 0.5) is 16.2 Å². The maximum atomic E-state index is 12.2. The van der Waals surface area contributed by atoms with Gasteiger partial charge in [0.05, 0.1) is 0 Å². The van der Waals surface area contributed by atoms with Crippen LogP contribution in [0.3, 0.4) is 0 Å². The quantitative estimate of drug-likeness (QED) is 0.659. The zero-order valence-electron chi connectivity index (χ0n) is 14.0. The van der Waals surface area contributed by atoms with Crippen LogP contribution in [0.1, 0.15) is 15.9 Å². The number of aromatic nitrogens is 1. The number of urea groups is 1. The third-order valence-corrected chi connectivity index (χ3v) is 3.59. The number of nitrogens with one attached hydrogen (secondary N) is 3. The van der Waals surface area contributed by atoms with Crippen molar-refractivity contribution < 1.29 is 9.59 Å². The Morgan fingerprint density at radius 1 is 0.846 bits per heavy atom. The lowest BCUT2D eigenvalue weighted by Gasteiger charge is -2.10. The van der Waals surface area contributed by atoms with Gasteiger partial charge in [0, 0.05) is 35.9 Å². The molecule has 0 spiro atoms. The molecule has 0 radical (unpaired) electrons. The maximum absolute atomic E-state index is 12.2. The summed E-state index contributed by atoms with van der Waals surface area (Å²) in [6, 6.07) is 19.3. The van der Waals surface area contributed by atoms with Gasteiger partial charge in [-0.2, -0.15) is 0 Å². The fourth-order valence-electron chi connectivity index (χ4n) is 2.33. The molecular weight excluding hydrogens is 328 g/mol. The Kier molecular flexibility index (Phi) is 5.57. The molecule has 0 bridgehead atoms. The summed E-state index contributed by atoms with van der Waals surface area (Å²) in [5.74, 6) is -0.205. The lowest BCUT2D eigenvalue weighted by molar-refractivity contribution is 0.102. The molecule has 1 aromatic heterocycles. The van der Waals surface area contributed by atoms with E-state index in [0.29, 0.717) is 23.5 Å². The highest BCUT2D eigenvalue weighted by molar-refractivity contribution is 6.04. The van der Waals surface area contributed by atoms with Crippen LogP contribution in [0.2, 0.25) is 0 Å². The number of nitrogens with zero attached hydrogens (tertiary/aromatic N) is 1. The van der Waals surface area contributed by atoms with Gasteiger partial charge in [-0.25, -0.2) is 4.79 Å². The van der Waals surface area contributed by atoms with Crippen LogP contribution in [0.5, 0.6) is 0 Å². The van der Waals surface area contributed by atoms with Gasteiger partial charge in [0.15, 0.2) is 0 Å². The Morgan fingerprint density at radius 2 is 1.62 bits per heavy atom. The van der Waals surface area contributed by atoms with E-state index in [1.807, 2.05) is 18.2 Å². The summed E-state index contributed by atoms with van der Waals surface area (Å²) < 4.78 is 0. The first-order valence-electron chi connectivity index (χ1n) is 8.11. The van der Waals surface area contributed by atoms with Crippen molar-refractivity contribution in [2.24, 2.45) is 0 Å². The summed E-state index contributed by atoms with van der Waals surface area (Å²) in [6.07, 6.45) is 3.37. The minimum absolute atomic E-state index is 0.205. The van der Waals surface area contributed by atoms with Crippen molar-refractivity contribution >= 4 is 23.3 Å². The highest BCUT2D eigenvalue weighted by atomic mass is 16.2. The first-order chi connectivity index (χ1) is 12.7. The first-order valence-corrected chi connectivity index (χ1v) is 8.11. The van der Waals surface area contributed by atoms with Gasteiger partial charge < -0.3 is 16.0 Å². The number of benzene rings is 2. The molecule has 0 saturated carbocycles. The largest absolute Gasteiger partial charge is 0.334 e. The molecule has 6 heteroatoms. The standard InChI is InChI=1S/C20H18N4O2/c25-19(16-7-2-1-3-8-16)23-17-9-4-10-18(12-17)24-20(26)22-14-15-6-5-11-21-13-15/h1-13H,14H2,(H,23,25)(H2,22,24,26). The maximum Gasteiger partial charge on any atom is 0.319 e. The number of carbonyl (C=O) groups is 2. The van der Waals surface area contributed by atoms with Crippen LogP contribution >= 0.6 is 0 Å². The Labute approximate surface area is 151 Å². The number of hydrogen-bond donors (Lipinski definition) is 3. The molecule has 3 amide bonds. The molecule has 3 rings (SSSR count). The van der Waals surface area contributed by atoms with E-state index in [2.05, 4.69) is 20.9 Å². The molecule has 26 heavy (non-hydrogen) atoms. The van der Waals surface area contributed by atoms with Gasteiger partial charge in [-0.15, -0.1) is 0 Å². The number of pyridine rings is 1. The minimum atomic E-state index is -0.333. The molecular formula is C20H18N4O2. The van der Waals surface area contributed by atoms with Crippen molar-refractivity contribution in [1.29, 1.82) is 0 Å². The normalized spacial score (nSPS) is 10.0. The van der Waals surface area contributed by atoms with Gasteiger partial charge in [0.2, 0.25) is 0 Å². The van der Waals surface area contributed by atoms with Crippen LogP contribution in [0.15, 0.2) is 79.1 Å². The molecule has 1 heterocycles. The highest BCUT2D eigenvalue weighted by Gasteiger charge is 2.07. The lowest BCUT2D eigenvalue weighted by atomic mass is 10.2. The summed E-state index contributed by atoms with van der Waals surface area (Å²) >= 11 is 0. The van der Waals surface area contributed by atoms with Gasteiger partial charge in [-0.3, -0.25) is 9.78 Å². The lowest BCUT2D eigenvalue weighted by Crippen LogP contribution is -2.28. The molecule has 130 valence electrons. The summed E-state index contributed by atoms with van der Waals surface area (Å²) in [7, 11) is 0. The van der Waals surface area contributed by atoms with E-state index in [1.54, 1.807) is 60.9 Å². The Morgan fingerprint density at radius 3 is 2.35 bits per heavy atom. The van der Waals surface area contributed by atoms with E-state index in [0.717, 1.165) is 5.56 Å². The molecule has 0 unspecified atom stereocenters. The number of amides is 3. The van der Waals surface area contributed by atoms with Crippen molar-refractivity contribution in [2.45, 2.75) is 6.54 Å². The zero-order chi connectivity index (χ0) is 18.2. The second kappa shape index (κ2) is 8.43. The van der Waals surface area contributed by atoms with E-state index < -0.39 is 0 Å². The summed E-state index contributed by atoms with van der Waals surface area (Å²) in [6.45, 7) is 0.379. The van der Waals surface area contributed by atoms with Gasteiger partial charge in [-0.05, 0) is 42.0 Å². The summed E-state index contributed by atoms with van der Waals surface area (Å²) in [4.78, 5) is 28.2. The van der Waals surface area contributed by atoms with Crippen LogP contribution in [0.25, 0.3) is 0 Å². The van der Waals surface area contributed by atoms with Crippen molar-refractivity contribution in [3.8, 4) is 0 Å². The van der Waals surface area contributed by atoms with E-state index in [4.69, 9.17) is 0 Å². The molecule has 3 N–H and O–H groups in total. The molecule has 0 fully saturated rings. The smallest absolute Gasteiger partial charge is 0.319 e. The van der Waals surface area contributed by atoms with Gasteiger partial charge >= 0.3 is 6.03 Å². The van der Waals surface area contributed by atoms with Gasteiger partial charge in [-0.1, -0.05) is 30.3 Å². The Bertz CT molecular complexity index is 883. The molecule has 0 aliphatic carbocycles. The van der Waals surface area contributed by atoms with Crippen molar-refractivity contribution in [1.82, 2.24) is 10.3 Å². The fourth-order valence-corrected chi connectivity index (χ4v) is 2.33. The Balaban J connectivity index is 1.57.